The molecule has 5 heteroatoms. The van der Waals surface area contributed by atoms with E-state index in [2.05, 4.69) is 34.3 Å². The molecule has 1 saturated carbocycles. The van der Waals surface area contributed by atoms with Crippen molar-refractivity contribution < 1.29 is 9.53 Å². The summed E-state index contributed by atoms with van der Waals surface area (Å²) in [5, 5.41) is 3.19. The summed E-state index contributed by atoms with van der Waals surface area (Å²) in [6, 6.07) is 8.21. The minimum atomic E-state index is 0.0244. The van der Waals surface area contributed by atoms with Gasteiger partial charge in [0.2, 0.25) is 0 Å². The van der Waals surface area contributed by atoms with Crippen LogP contribution >= 0.6 is 0 Å². The Kier molecular flexibility index (Phi) is 5.18. The van der Waals surface area contributed by atoms with Crippen molar-refractivity contribution in [3.05, 3.63) is 29.8 Å². The normalized spacial score (nSPS) is 26.2. The zero-order valence-electron chi connectivity index (χ0n) is 15.9. The average molecular weight is 357 g/mol. The van der Waals surface area contributed by atoms with E-state index in [0.29, 0.717) is 6.61 Å². The highest BCUT2D eigenvalue weighted by Crippen LogP contribution is 2.39. The van der Waals surface area contributed by atoms with Crippen LogP contribution in [0, 0.1) is 0 Å². The SMILES string of the molecule is CN1CCN(c2ccc(C(=O)NC3COC4(CCCCC4)C3)cc2)CC1. The molecule has 2 heterocycles. The van der Waals surface area contributed by atoms with Crippen LogP contribution in [0.1, 0.15) is 48.9 Å². The first-order valence-electron chi connectivity index (χ1n) is 10.1. The number of benzene rings is 1. The minimum absolute atomic E-state index is 0.0244. The number of rotatable bonds is 3. The predicted molar refractivity (Wildman–Crippen MR) is 104 cm³/mol. The van der Waals surface area contributed by atoms with Crippen LogP contribution in [0.3, 0.4) is 0 Å². The second-order valence-corrected chi connectivity index (χ2v) is 8.27. The van der Waals surface area contributed by atoms with Gasteiger partial charge in [-0.25, -0.2) is 0 Å². The molecule has 1 aromatic rings. The lowest BCUT2D eigenvalue weighted by molar-refractivity contribution is -0.0246. The molecule has 0 bridgehead atoms. The van der Waals surface area contributed by atoms with Crippen LogP contribution in [0.5, 0.6) is 0 Å². The molecule has 1 unspecified atom stereocenters. The van der Waals surface area contributed by atoms with E-state index in [1.807, 2.05) is 12.1 Å². The van der Waals surface area contributed by atoms with Crippen molar-refractivity contribution in [1.29, 1.82) is 0 Å². The Balaban J connectivity index is 1.32. The van der Waals surface area contributed by atoms with Crippen LogP contribution in [0.15, 0.2) is 24.3 Å². The monoisotopic (exact) mass is 357 g/mol. The van der Waals surface area contributed by atoms with Gasteiger partial charge in [-0.15, -0.1) is 0 Å². The highest BCUT2D eigenvalue weighted by Gasteiger charge is 2.41. The molecule has 0 aromatic heterocycles. The van der Waals surface area contributed by atoms with Crippen molar-refractivity contribution in [2.45, 2.75) is 50.2 Å². The van der Waals surface area contributed by atoms with Crippen LogP contribution < -0.4 is 10.2 Å². The minimum Gasteiger partial charge on any atom is -0.373 e. The van der Waals surface area contributed by atoms with E-state index >= 15 is 0 Å². The first-order chi connectivity index (χ1) is 12.6. The van der Waals surface area contributed by atoms with E-state index in [0.717, 1.165) is 51.0 Å². The number of hydrogen-bond acceptors (Lipinski definition) is 4. The third-order valence-corrected chi connectivity index (χ3v) is 6.31. The molecule has 26 heavy (non-hydrogen) atoms. The maximum atomic E-state index is 12.6. The molecule has 1 spiro atoms. The molecule has 3 aliphatic rings. The topological polar surface area (TPSA) is 44.8 Å². The summed E-state index contributed by atoms with van der Waals surface area (Å²) in [6.45, 7) is 4.93. The molecule has 4 rings (SSSR count). The maximum absolute atomic E-state index is 12.6. The number of hydrogen-bond donors (Lipinski definition) is 1. The smallest absolute Gasteiger partial charge is 0.251 e. The van der Waals surface area contributed by atoms with Crippen molar-refractivity contribution >= 4 is 11.6 Å². The standard InChI is InChI=1S/C21H31N3O2/c1-23-11-13-24(14-12-23)19-7-5-17(6-8-19)20(25)22-18-15-21(26-16-18)9-3-2-4-10-21/h5-8,18H,2-4,9-16H2,1H3,(H,22,25). The lowest BCUT2D eigenvalue weighted by Crippen LogP contribution is -2.44. The first-order valence-corrected chi connectivity index (χ1v) is 10.1. The van der Waals surface area contributed by atoms with Gasteiger partial charge in [-0.2, -0.15) is 0 Å². The zero-order valence-corrected chi connectivity index (χ0v) is 15.9. The lowest BCUT2D eigenvalue weighted by atomic mass is 9.82. The summed E-state index contributed by atoms with van der Waals surface area (Å²) in [4.78, 5) is 17.4. The highest BCUT2D eigenvalue weighted by atomic mass is 16.5. The number of nitrogens with one attached hydrogen (secondary N) is 1. The van der Waals surface area contributed by atoms with Gasteiger partial charge in [0.1, 0.15) is 0 Å². The Labute approximate surface area is 156 Å². The van der Waals surface area contributed by atoms with E-state index in [9.17, 15) is 4.79 Å². The molecule has 142 valence electrons. The number of amides is 1. The van der Waals surface area contributed by atoms with Crippen molar-refractivity contribution in [1.82, 2.24) is 10.2 Å². The maximum Gasteiger partial charge on any atom is 0.251 e. The third-order valence-electron chi connectivity index (χ3n) is 6.31. The summed E-state index contributed by atoms with van der Waals surface area (Å²) in [5.74, 6) is 0.0244. The molecule has 1 amide bonds. The van der Waals surface area contributed by atoms with E-state index < -0.39 is 0 Å². The molecule has 2 aliphatic heterocycles. The Morgan fingerprint density at radius 3 is 2.46 bits per heavy atom. The lowest BCUT2D eigenvalue weighted by Gasteiger charge is -2.34. The quantitative estimate of drug-likeness (QED) is 0.903. The third kappa shape index (κ3) is 3.89. The molecular formula is C21H31N3O2. The van der Waals surface area contributed by atoms with Crippen LogP contribution in [0.2, 0.25) is 0 Å². The number of carbonyl (C=O) groups excluding carboxylic acids is 1. The van der Waals surface area contributed by atoms with Crippen LogP contribution in [-0.4, -0.2) is 62.3 Å². The van der Waals surface area contributed by atoms with Crippen molar-refractivity contribution in [2.75, 3.05) is 44.7 Å². The van der Waals surface area contributed by atoms with Gasteiger partial charge >= 0.3 is 0 Å². The number of likely N-dealkylation sites (N-methyl/N-ethyl adjacent to an activating group) is 1. The molecule has 3 fully saturated rings. The van der Waals surface area contributed by atoms with Crippen molar-refractivity contribution in [3.63, 3.8) is 0 Å². The summed E-state index contributed by atoms with van der Waals surface area (Å²) in [5.41, 5.74) is 1.99. The molecule has 2 saturated heterocycles. The van der Waals surface area contributed by atoms with Gasteiger partial charge in [-0.3, -0.25) is 4.79 Å². The molecule has 1 aliphatic carbocycles. The highest BCUT2D eigenvalue weighted by molar-refractivity contribution is 5.94. The van der Waals surface area contributed by atoms with Gasteiger partial charge in [0.15, 0.2) is 0 Å². The summed E-state index contributed by atoms with van der Waals surface area (Å²) in [6.07, 6.45) is 7.11. The van der Waals surface area contributed by atoms with Crippen LogP contribution in [-0.2, 0) is 4.74 Å². The van der Waals surface area contributed by atoms with Crippen molar-refractivity contribution in [2.24, 2.45) is 0 Å². The van der Waals surface area contributed by atoms with E-state index in [1.165, 1.54) is 24.9 Å². The van der Waals surface area contributed by atoms with E-state index in [-0.39, 0.29) is 17.6 Å². The van der Waals surface area contributed by atoms with E-state index in [4.69, 9.17) is 4.74 Å². The summed E-state index contributed by atoms with van der Waals surface area (Å²) < 4.78 is 6.11. The van der Waals surface area contributed by atoms with Gasteiger partial charge in [0.05, 0.1) is 18.2 Å². The Bertz CT molecular complexity index is 617. The molecule has 1 aromatic carbocycles. The summed E-state index contributed by atoms with van der Waals surface area (Å²) >= 11 is 0. The van der Waals surface area contributed by atoms with Gasteiger partial charge in [0, 0.05) is 37.4 Å². The predicted octanol–water partition coefficient (Wildman–Crippen LogP) is 2.66. The fourth-order valence-corrected chi connectivity index (χ4v) is 4.64. The molecule has 1 atom stereocenters. The van der Waals surface area contributed by atoms with E-state index in [1.54, 1.807) is 0 Å². The Morgan fingerprint density at radius 2 is 1.77 bits per heavy atom. The molecule has 1 N–H and O–H groups in total. The first kappa shape index (κ1) is 17.8. The Morgan fingerprint density at radius 1 is 1.08 bits per heavy atom. The zero-order chi connectivity index (χ0) is 18.0. The molecule has 0 radical (unpaired) electrons. The summed E-state index contributed by atoms with van der Waals surface area (Å²) in [7, 11) is 2.16. The number of piperazine rings is 1. The van der Waals surface area contributed by atoms with Gasteiger partial charge in [-0.05, 0) is 50.6 Å². The number of nitrogens with zero attached hydrogens (tertiary/aromatic N) is 2. The molecular weight excluding hydrogens is 326 g/mol. The van der Waals surface area contributed by atoms with Crippen molar-refractivity contribution in [3.8, 4) is 0 Å². The van der Waals surface area contributed by atoms with Gasteiger partial charge in [-0.1, -0.05) is 19.3 Å². The Hall–Kier alpha value is -1.59. The second-order valence-electron chi connectivity index (χ2n) is 8.27. The largest absolute Gasteiger partial charge is 0.373 e. The molecule has 5 nitrogen and oxygen atoms in total. The van der Waals surface area contributed by atoms with Gasteiger partial charge < -0.3 is 19.9 Å². The fourth-order valence-electron chi connectivity index (χ4n) is 4.64. The number of anilines is 1. The second kappa shape index (κ2) is 7.57. The van der Waals surface area contributed by atoms with Crippen LogP contribution in [0.4, 0.5) is 5.69 Å². The number of ether oxygens (including phenoxy) is 1. The fraction of sp³-hybridized carbons (Fsp3) is 0.667. The van der Waals surface area contributed by atoms with Crippen LogP contribution in [0.25, 0.3) is 0 Å². The number of carbonyl (C=O) groups is 1. The average Bonchev–Trinajstić information content (AvgIpc) is 3.05. The van der Waals surface area contributed by atoms with Gasteiger partial charge in [0.25, 0.3) is 5.91 Å².